The third kappa shape index (κ3) is 2.46. The number of rotatable bonds is 3. The van der Waals surface area contributed by atoms with E-state index in [0.29, 0.717) is 5.56 Å². The van der Waals surface area contributed by atoms with E-state index < -0.39 is 11.9 Å². The van der Waals surface area contributed by atoms with Crippen LogP contribution in [0.3, 0.4) is 0 Å². The number of hydrogen-bond donors (Lipinski definition) is 2. The zero-order valence-corrected chi connectivity index (χ0v) is 8.19. The molecule has 0 amide bonds. The number of carbonyl (C=O) groups is 2. The lowest BCUT2D eigenvalue weighted by molar-refractivity contribution is -0.139. The molecule has 0 saturated heterocycles. The normalized spacial score (nSPS) is 9.67. The molecule has 5 nitrogen and oxygen atoms in total. The Hall–Kier alpha value is -2.04. The van der Waals surface area contributed by atoms with E-state index in [1.807, 2.05) is 0 Å². The Labute approximate surface area is 86.5 Å². The predicted octanol–water partition coefficient (Wildman–Crippen LogP) is 0.683. The van der Waals surface area contributed by atoms with Crippen molar-refractivity contribution >= 4 is 17.6 Å². The lowest BCUT2D eigenvalue weighted by Crippen LogP contribution is -2.10. The molecule has 80 valence electrons. The van der Waals surface area contributed by atoms with Crippen LogP contribution < -0.4 is 5.73 Å². The molecule has 0 heterocycles. The topological polar surface area (TPSA) is 89.6 Å². The molecule has 5 heteroatoms. The van der Waals surface area contributed by atoms with Crippen molar-refractivity contribution in [2.45, 2.75) is 6.42 Å². The largest absolute Gasteiger partial charge is 0.478 e. The number of carbonyl (C=O) groups excluding carboxylic acids is 1. The molecule has 0 atom stereocenters. The van der Waals surface area contributed by atoms with Gasteiger partial charge >= 0.3 is 11.9 Å². The van der Waals surface area contributed by atoms with Crippen LogP contribution in [0.15, 0.2) is 18.2 Å². The standard InChI is InChI=1S/C10H11NO4/c1-15-8(12)5-6-3-2-4-7(9(6)11)10(13)14/h2-4H,5,11H2,1H3,(H,13,14). The fourth-order valence-corrected chi connectivity index (χ4v) is 1.18. The molecule has 0 unspecified atom stereocenters. The minimum atomic E-state index is -1.11. The number of carboxylic acid groups (broad SMARTS) is 1. The molecule has 15 heavy (non-hydrogen) atoms. The highest BCUT2D eigenvalue weighted by Gasteiger charge is 2.13. The predicted molar refractivity (Wildman–Crippen MR) is 53.5 cm³/mol. The average Bonchev–Trinajstić information content (AvgIpc) is 2.20. The van der Waals surface area contributed by atoms with Crippen molar-refractivity contribution in [2.75, 3.05) is 12.8 Å². The molecule has 0 radical (unpaired) electrons. The van der Waals surface area contributed by atoms with E-state index in [-0.39, 0.29) is 17.7 Å². The number of para-hydroxylation sites is 1. The van der Waals surface area contributed by atoms with E-state index in [0.717, 1.165) is 0 Å². The number of aromatic carboxylic acids is 1. The monoisotopic (exact) mass is 209 g/mol. The van der Waals surface area contributed by atoms with Crippen LogP contribution in [0.1, 0.15) is 15.9 Å². The van der Waals surface area contributed by atoms with Crippen molar-refractivity contribution in [1.82, 2.24) is 0 Å². The molecule has 0 spiro atoms. The van der Waals surface area contributed by atoms with Crippen molar-refractivity contribution in [3.8, 4) is 0 Å². The molecule has 0 bridgehead atoms. The Morgan fingerprint density at radius 2 is 2.13 bits per heavy atom. The maximum absolute atomic E-state index is 11.0. The number of methoxy groups -OCH3 is 1. The molecule has 1 aromatic rings. The number of benzene rings is 1. The number of carboxylic acids is 1. The molecule has 0 aliphatic rings. The van der Waals surface area contributed by atoms with Crippen LogP contribution in [0.4, 0.5) is 5.69 Å². The second kappa shape index (κ2) is 4.45. The number of hydrogen-bond acceptors (Lipinski definition) is 4. The van der Waals surface area contributed by atoms with Gasteiger partial charge in [0, 0.05) is 5.69 Å². The first-order chi connectivity index (χ1) is 7.06. The van der Waals surface area contributed by atoms with Crippen LogP contribution in [0, 0.1) is 0 Å². The van der Waals surface area contributed by atoms with Gasteiger partial charge in [-0.3, -0.25) is 4.79 Å². The number of nitrogens with two attached hydrogens (primary N) is 1. The van der Waals surface area contributed by atoms with Crippen LogP contribution in [0.25, 0.3) is 0 Å². The summed E-state index contributed by atoms with van der Waals surface area (Å²) in [4.78, 5) is 21.7. The van der Waals surface area contributed by atoms with Crippen LogP contribution in [0.5, 0.6) is 0 Å². The number of nitrogen functional groups attached to an aromatic ring is 1. The third-order valence-electron chi connectivity index (χ3n) is 1.99. The summed E-state index contributed by atoms with van der Waals surface area (Å²) in [6.45, 7) is 0. The second-order valence-electron chi connectivity index (χ2n) is 2.94. The molecular weight excluding hydrogens is 198 g/mol. The van der Waals surface area contributed by atoms with E-state index >= 15 is 0 Å². The lowest BCUT2D eigenvalue weighted by Gasteiger charge is -2.06. The minimum absolute atomic E-state index is 0.00333. The highest BCUT2D eigenvalue weighted by molar-refractivity contribution is 5.95. The first kappa shape index (κ1) is 11.0. The van der Waals surface area contributed by atoms with Gasteiger partial charge in [0.1, 0.15) is 0 Å². The summed E-state index contributed by atoms with van der Waals surface area (Å²) < 4.78 is 4.47. The van der Waals surface area contributed by atoms with Crippen molar-refractivity contribution < 1.29 is 19.4 Å². The summed E-state index contributed by atoms with van der Waals surface area (Å²) in [5.74, 6) is -1.57. The van der Waals surface area contributed by atoms with Gasteiger partial charge < -0.3 is 15.6 Å². The highest BCUT2D eigenvalue weighted by Crippen LogP contribution is 2.18. The molecular formula is C10H11NO4. The third-order valence-corrected chi connectivity index (χ3v) is 1.99. The fraction of sp³-hybridized carbons (Fsp3) is 0.200. The van der Waals surface area contributed by atoms with Crippen LogP contribution in [-0.2, 0) is 16.0 Å². The smallest absolute Gasteiger partial charge is 0.337 e. The zero-order valence-electron chi connectivity index (χ0n) is 8.19. The fourth-order valence-electron chi connectivity index (χ4n) is 1.18. The van der Waals surface area contributed by atoms with Crippen LogP contribution in [-0.4, -0.2) is 24.2 Å². The molecule has 0 aliphatic carbocycles. The Morgan fingerprint density at radius 3 is 2.67 bits per heavy atom. The van der Waals surface area contributed by atoms with Crippen LogP contribution >= 0.6 is 0 Å². The van der Waals surface area contributed by atoms with Gasteiger partial charge in [0.25, 0.3) is 0 Å². The Kier molecular flexibility index (Phi) is 3.28. The highest BCUT2D eigenvalue weighted by atomic mass is 16.5. The first-order valence-corrected chi connectivity index (χ1v) is 4.23. The van der Waals surface area contributed by atoms with E-state index in [9.17, 15) is 9.59 Å². The lowest BCUT2D eigenvalue weighted by atomic mass is 10.1. The van der Waals surface area contributed by atoms with Gasteiger partial charge in [-0.25, -0.2) is 4.79 Å². The Bertz CT molecular complexity index is 400. The van der Waals surface area contributed by atoms with Crippen molar-refractivity contribution in [1.29, 1.82) is 0 Å². The van der Waals surface area contributed by atoms with E-state index in [1.54, 1.807) is 6.07 Å². The van der Waals surface area contributed by atoms with Crippen molar-refractivity contribution in [2.24, 2.45) is 0 Å². The number of anilines is 1. The maximum Gasteiger partial charge on any atom is 0.337 e. The minimum Gasteiger partial charge on any atom is -0.478 e. The Balaban J connectivity index is 3.04. The number of ether oxygens (including phenoxy) is 1. The van der Waals surface area contributed by atoms with E-state index in [1.165, 1.54) is 19.2 Å². The SMILES string of the molecule is COC(=O)Cc1cccc(C(=O)O)c1N. The molecule has 0 aliphatic heterocycles. The Morgan fingerprint density at radius 1 is 1.47 bits per heavy atom. The quantitative estimate of drug-likeness (QED) is 0.564. The summed E-state index contributed by atoms with van der Waals surface area (Å²) >= 11 is 0. The summed E-state index contributed by atoms with van der Waals surface area (Å²) in [7, 11) is 1.26. The van der Waals surface area contributed by atoms with Crippen molar-refractivity contribution in [3.63, 3.8) is 0 Å². The summed E-state index contributed by atoms with van der Waals surface area (Å²) in [5.41, 5.74) is 6.16. The molecule has 0 saturated carbocycles. The van der Waals surface area contributed by atoms with Crippen LogP contribution in [0.2, 0.25) is 0 Å². The summed E-state index contributed by atoms with van der Waals surface area (Å²) in [6, 6.07) is 4.52. The summed E-state index contributed by atoms with van der Waals surface area (Å²) in [5, 5.41) is 8.79. The summed E-state index contributed by atoms with van der Waals surface area (Å²) in [6.07, 6.45) is -0.0244. The number of esters is 1. The van der Waals surface area contributed by atoms with Gasteiger partial charge in [0.15, 0.2) is 0 Å². The van der Waals surface area contributed by atoms with Crippen molar-refractivity contribution in [3.05, 3.63) is 29.3 Å². The molecule has 3 N–H and O–H groups in total. The molecule has 0 fully saturated rings. The molecule has 0 aromatic heterocycles. The second-order valence-corrected chi connectivity index (χ2v) is 2.94. The first-order valence-electron chi connectivity index (χ1n) is 4.23. The van der Waals surface area contributed by atoms with Gasteiger partial charge in [-0.05, 0) is 11.6 Å². The van der Waals surface area contributed by atoms with Gasteiger partial charge in [-0.2, -0.15) is 0 Å². The average molecular weight is 209 g/mol. The van der Waals surface area contributed by atoms with E-state index in [4.69, 9.17) is 10.8 Å². The van der Waals surface area contributed by atoms with Gasteiger partial charge in [0.2, 0.25) is 0 Å². The van der Waals surface area contributed by atoms with Gasteiger partial charge in [0.05, 0.1) is 19.1 Å². The maximum atomic E-state index is 11.0. The molecule has 1 rings (SSSR count). The van der Waals surface area contributed by atoms with Gasteiger partial charge in [-0.15, -0.1) is 0 Å². The van der Waals surface area contributed by atoms with Gasteiger partial charge in [-0.1, -0.05) is 12.1 Å². The van der Waals surface area contributed by atoms with E-state index in [2.05, 4.69) is 4.74 Å². The zero-order chi connectivity index (χ0) is 11.4. The molecule has 1 aromatic carbocycles.